The summed E-state index contributed by atoms with van der Waals surface area (Å²) in [4.78, 5) is 4.93. The van der Waals surface area contributed by atoms with Crippen LogP contribution >= 0.6 is 22.6 Å². The van der Waals surface area contributed by atoms with Crippen LogP contribution in [0.5, 0.6) is 0 Å². The Bertz CT molecular complexity index is 724. The molecule has 2 aromatic rings. The number of benzene rings is 2. The first kappa shape index (κ1) is 18.2. The van der Waals surface area contributed by atoms with Crippen LogP contribution in [0.25, 0.3) is 0 Å². The number of halogens is 1. The highest BCUT2D eigenvalue weighted by molar-refractivity contribution is 14.1. The van der Waals surface area contributed by atoms with E-state index in [1.807, 2.05) is 18.2 Å². The molecule has 0 aromatic heterocycles. The zero-order valence-electron chi connectivity index (χ0n) is 14.6. The fraction of sp³-hybridized carbons (Fsp3) is 0.318. The van der Waals surface area contributed by atoms with E-state index < -0.39 is 0 Å². The van der Waals surface area contributed by atoms with Gasteiger partial charge in [0.05, 0.1) is 6.04 Å². The second-order valence-corrected chi connectivity index (χ2v) is 7.55. The van der Waals surface area contributed by atoms with Gasteiger partial charge in [-0.25, -0.2) is 4.99 Å². The van der Waals surface area contributed by atoms with E-state index in [0.717, 1.165) is 37.1 Å². The summed E-state index contributed by atoms with van der Waals surface area (Å²) in [5, 5.41) is 0. The van der Waals surface area contributed by atoms with Crippen molar-refractivity contribution in [2.75, 3.05) is 0 Å². The molecule has 3 rings (SSSR count). The summed E-state index contributed by atoms with van der Waals surface area (Å²) in [6.07, 6.45) is 6.60. The largest absolute Gasteiger partial charge is 0.466 e. The van der Waals surface area contributed by atoms with Crippen LogP contribution in [-0.2, 0) is 11.2 Å². The van der Waals surface area contributed by atoms with Crippen molar-refractivity contribution < 1.29 is 4.74 Å². The molecule has 130 valence electrons. The number of nitrogens with zero attached hydrogens (tertiary/aromatic N) is 1. The van der Waals surface area contributed by atoms with E-state index in [0.29, 0.717) is 0 Å². The lowest BCUT2D eigenvalue weighted by molar-refractivity contribution is 0.235. The minimum atomic E-state index is 0.0473. The third-order valence-corrected chi connectivity index (χ3v) is 5.42. The minimum Gasteiger partial charge on any atom is -0.466 e. The highest BCUT2D eigenvalue weighted by atomic mass is 127. The maximum Gasteiger partial charge on any atom is 0.217 e. The van der Waals surface area contributed by atoms with E-state index in [4.69, 9.17) is 9.73 Å². The van der Waals surface area contributed by atoms with Gasteiger partial charge in [0.15, 0.2) is 6.10 Å². The number of aryl methyl sites for hydroxylation is 1. The molecule has 1 heterocycles. The van der Waals surface area contributed by atoms with E-state index in [1.54, 1.807) is 0 Å². The summed E-state index contributed by atoms with van der Waals surface area (Å²) in [6, 6.07) is 21.0. The van der Waals surface area contributed by atoms with Crippen LogP contribution in [0.4, 0.5) is 0 Å². The number of hydrogen-bond donors (Lipinski definition) is 0. The molecule has 0 aliphatic carbocycles. The number of ether oxygens (including phenoxy) is 1. The summed E-state index contributed by atoms with van der Waals surface area (Å²) < 4.78 is 7.55. The van der Waals surface area contributed by atoms with Crippen LogP contribution in [0.15, 0.2) is 75.3 Å². The average molecular weight is 445 g/mol. The second-order valence-electron chi connectivity index (χ2n) is 6.31. The zero-order chi connectivity index (χ0) is 17.5. The lowest BCUT2D eigenvalue weighted by atomic mass is 10.0. The molecular weight excluding hydrogens is 421 g/mol. The van der Waals surface area contributed by atoms with Gasteiger partial charge in [0.1, 0.15) is 0 Å². The number of aliphatic imine (C=N–C) groups is 1. The molecule has 2 aromatic carbocycles. The monoisotopic (exact) mass is 445 g/mol. The van der Waals surface area contributed by atoms with Gasteiger partial charge in [-0.15, -0.1) is 0 Å². The van der Waals surface area contributed by atoms with Crippen LogP contribution in [-0.4, -0.2) is 18.0 Å². The van der Waals surface area contributed by atoms with Gasteiger partial charge in [0.25, 0.3) is 0 Å². The van der Waals surface area contributed by atoms with E-state index in [-0.39, 0.29) is 12.1 Å². The summed E-state index contributed by atoms with van der Waals surface area (Å²) in [7, 11) is 0. The standard InChI is InChI=1S/C22H24INO/c1-2-3-14-19(23)21-20(16-15-17-10-6-4-7-11-17)24-22(25-21)18-12-8-5-9-13-18/h4-14,20-21H,2-3,15-16H2,1H3/b19-14-/t20-,21-/m1/s1. The molecule has 1 aliphatic heterocycles. The highest BCUT2D eigenvalue weighted by Gasteiger charge is 2.33. The smallest absolute Gasteiger partial charge is 0.217 e. The predicted molar refractivity (Wildman–Crippen MR) is 113 cm³/mol. The molecule has 1 aliphatic rings. The van der Waals surface area contributed by atoms with Crippen LogP contribution < -0.4 is 0 Å². The van der Waals surface area contributed by atoms with E-state index in [2.05, 4.69) is 78.1 Å². The van der Waals surface area contributed by atoms with Crippen molar-refractivity contribution >= 4 is 28.5 Å². The van der Waals surface area contributed by atoms with Crippen molar-refractivity contribution in [1.82, 2.24) is 0 Å². The fourth-order valence-electron chi connectivity index (χ4n) is 2.98. The molecule has 0 fully saturated rings. The Hall–Kier alpha value is -1.62. The molecule has 0 bridgehead atoms. The topological polar surface area (TPSA) is 21.6 Å². The molecule has 2 atom stereocenters. The molecule has 0 spiro atoms. The van der Waals surface area contributed by atoms with E-state index in [9.17, 15) is 0 Å². The van der Waals surface area contributed by atoms with Gasteiger partial charge >= 0.3 is 0 Å². The second kappa shape index (κ2) is 9.18. The molecule has 3 heteroatoms. The Morgan fingerprint density at radius 1 is 1.08 bits per heavy atom. The van der Waals surface area contributed by atoms with Crippen LogP contribution in [0.1, 0.15) is 37.3 Å². The summed E-state index contributed by atoms with van der Waals surface area (Å²) in [5.74, 6) is 0.780. The van der Waals surface area contributed by atoms with Gasteiger partial charge in [-0.05, 0) is 59.5 Å². The molecule has 0 amide bonds. The Balaban J connectivity index is 1.77. The van der Waals surface area contributed by atoms with Crippen molar-refractivity contribution in [1.29, 1.82) is 0 Å². The van der Waals surface area contributed by atoms with Crippen LogP contribution in [0.2, 0.25) is 0 Å². The van der Waals surface area contributed by atoms with Gasteiger partial charge in [0, 0.05) is 9.14 Å². The van der Waals surface area contributed by atoms with Gasteiger partial charge < -0.3 is 4.74 Å². The lowest BCUT2D eigenvalue weighted by Gasteiger charge is -2.17. The number of allylic oxidation sites excluding steroid dienone is 1. The number of rotatable bonds is 7. The maximum absolute atomic E-state index is 6.28. The van der Waals surface area contributed by atoms with Crippen molar-refractivity contribution in [3.63, 3.8) is 0 Å². The Labute approximate surface area is 164 Å². The van der Waals surface area contributed by atoms with Gasteiger partial charge in [0.2, 0.25) is 5.90 Å². The zero-order valence-corrected chi connectivity index (χ0v) is 16.7. The third kappa shape index (κ3) is 4.94. The fourth-order valence-corrected chi connectivity index (χ4v) is 3.84. The van der Waals surface area contributed by atoms with Crippen LogP contribution in [0, 0.1) is 0 Å². The normalized spacial score (nSPS) is 20.2. The maximum atomic E-state index is 6.28. The predicted octanol–water partition coefficient (Wildman–Crippen LogP) is 5.95. The molecule has 0 unspecified atom stereocenters. The number of hydrogen-bond acceptors (Lipinski definition) is 2. The molecule has 25 heavy (non-hydrogen) atoms. The summed E-state index contributed by atoms with van der Waals surface area (Å²) in [6.45, 7) is 2.20. The van der Waals surface area contributed by atoms with Crippen LogP contribution in [0.3, 0.4) is 0 Å². The van der Waals surface area contributed by atoms with Gasteiger partial charge in [-0.2, -0.15) is 0 Å². The number of unbranched alkanes of at least 4 members (excludes halogenated alkanes) is 1. The van der Waals surface area contributed by atoms with Crippen molar-refractivity contribution in [3.05, 3.63) is 81.4 Å². The van der Waals surface area contributed by atoms with Gasteiger partial charge in [-0.3, -0.25) is 0 Å². The molecule has 0 saturated carbocycles. The third-order valence-electron chi connectivity index (χ3n) is 4.36. The lowest BCUT2D eigenvalue weighted by Crippen LogP contribution is -2.23. The summed E-state index contributed by atoms with van der Waals surface area (Å²) in [5.41, 5.74) is 2.42. The first-order valence-electron chi connectivity index (χ1n) is 8.97. The molecule has 0 saturated heterocycles. The molecular formula is C22H24INO. The highest BCUT2D eigenvalue weighted by Crippen LogP contribution is 2.30. The average Bonchev–Trinajstić information content (AvgIpc) is 3.10. The first-order valence-corrected chi connectivity index (χ1v) is 10.0. The summed E-state index contributed by atoms with van der Waals surface area (Å²) >= 11 is 2.43. The SMILES string of the molecule is CCC/C=C(\I)[C@H]1OC(c2ccccc2)=N[C@@H]1CCc1ccccc1. The van der Waals surface area contributed by atoms with E-state index in [1.165, 1.54) is 9.14 Å². The Kier molecular flexibility index (Phi) is 6.68. The molecule has 2 nitrogen and oxygen atoms in total. The quantitative estimate of drug-likeness (QED) is 0.483. The van der Waals surface area contributed by atoms with Crippen molar-refractivity contribution in [2.24, 2.45) is 4.99 Å². The van der Waals surface area contributed by atoms with E-state index >= 15 is 0 Å². The van der Waals surface area contributed by atoms with Crippen molar-refractivity contribution in [2.45, 2.75) is 44.8 Å². The minimum absolute atomic E-state index is 0.0473. The Morgan fingerprint density at radius 3 is 2.44 bits per heavy atom. The van der Waals surface area contributed by atoms with Gasteiger partial charge in [-0.1, -0.05) is 68.0 Å². The van der Waals surface area contributed by atoms with Crippen molar-refractivity contribution in [3.8, 4) is 0 Å². The molecule has 0 N–H and O–H groups in total. The Morgan fingerprint density at radius 2 is 1.76 bits per heavy atom. The first-order chi connectivity index (χ1) is 12.3. The molecule has 0 radical (unpaired) electrons.